The fourth-order valence-corrected chi connectivity index (χ4v) is 4.61. The van der Waals surface area contributed by atoms with Gasteiger partial charge in [-0.2, -0.15) is 5.10 Å². The summed E-state index contributed by atoms with van der Waals surface area (Å²) < 4.78 is 16.3. The van der Waals surface area contributed by atoms with Gasteiger partial charge in [0, 0.05) is 24.4 Å². The van der Waals surface area contributed by atoms with Crippen molar-refractivity contribution in [3.63, 3.8) is 0 Å². The highest BCUT2D eigenvalue weighted by atomic mass is 32.2. The van der Waals surface area contributed by atoms with Gasteiger partial charge in [0.25, 0.3) is 5.91 Å². The van der Waals surface area contributed by atoms with Crippen LogP contribution in [0, 0.1) is 0 Å². The number of rotatable bonds is 5. The summed E-state index contributed by atoms with van der Waals surface area (Å²) in [5.41, 5.74) is 1.87. The van der Waals surface area contributed by atoms with Crippen molar-refractivity contribution >= 4 is 17.7 Å². The third-order valence-electron chi connectivity index (χ3n) is 4.98. The maximum atomic E-state index is 13.0. The van der Waals surface area contributed by atoms with E-state index in [-0.39, 0.29) is 11.2 Å². The molecule has 1 aliphatic heterocycles. The molecule has 1 fully saturated rings. The zero-order valence-corrected chi connectivity index (χ0v) is 17.2. The SMILES string of the molecule is COc1ccc(OC)c(-c2cc(C(=O)N3CCSC(c4ccco4)CC3)[nH]n2)c1. The topological polar surface area (TPSA) is 80.6 Å². The zero-order chi connectivity index (χ0) is 20.2. The van der Waals surface area contributed by atoms with E-state index < -0.39 is 0 Å². The van der Waals surface area contributed by atoms with E-state index in [4.69, 9.17) is 13.9 Å². The van der Waals surface area contributed by atoms with Crippen LogP contribution in [-0.2, 0) is 0 Å². The third-order valence-corrected chi connectivity index (χ3v) is 6.27. The number of nitrogens with one attached hydrogen (secondary N) is 1. The van der Waals surface area contributed by atoms with Gasteiger partial charge < -0.3 is 18.8 Å². The summed E-state index contributed by atoms with van der Waals surface area (Å²) in [4.78, 5) is 14.9. The predicted molar refractivity (Wildman–Crippen MR) is 112 cm³/mol. The number of aromatic nitrogens is 2. The lowest BCUT2D eigenvalue weighted by molar-refractivity contribution is 0.0760. The van der Waals surface area contributed by atoms with E-state index in [0.717, 1.165) is 23.5 Å². The Morgan fingerprint density at radius 2 is 2.14 bits per heavy atom. The lowest BCUT2D eigenvalue weighted by Gasteiger charge is -2.19. The van der Waals surface area contributed by atoms with Gasteiger partial charge >= 0.3 is 0 Å². The maximum absolute atomic E-state index is 13.0. The molecule has 2 aromatic heterocycles. The fraction of sp³-hybridized carbons (Fsp3) is 0.333. The molecule has 3 heterocycles. The van der Waals surface area contributed by atoms with Crippen LogP contribution >= 0.6 is 11.8 Å². The number of H-pyrrole nitrogens is 1. The molecule has 0 aliphatic carbocycles. The van der Waals surface area contributed by atoms with Gasteiger partial charge in [-0.3, -0.25) is 9.89 Å². The normalized spacial score (nSPS) is 17.0. The van der Waals surface area contributed by atoms with Crippen molar-refractivity contribution in [3.05, 3.63) is 54.1 Å². The van der Waals surface area contributed by atoms with Crippen molar-refractivity contribution in [2.75, 3.05) is 33.1 Å². The number of hydrogen-bond acceptors (Lipinski definition) is 6. The summed E-state index contributed by atoms with van der Waals surface area (Å²) in [5.74, 6) is 3.15. The second kappa shape index (κ2) is 8.65. The second-order valence-corrected chi connectivity index (χ2v) is 8.00. The average molecular weight is 413 g/mol. The van der Waals surface area contributed by atoms with E-state index in [0.29, 0.717) is 36.0 Å². The van der Waals surface area contributed by atoms with Crippen LogP contribution in [0.2, 0.25) is 0 Å². The predicted octanol–water partition coefficient (Wildman–Crippen LogP) is 4.01. The Labute approximate surface area is 173 Å². The highest BCUT2D eigenvalue weighted by molar-refractivity contribution is 7.99. The fourth-order valence-electron chi connectivity index (χ4n) is 3.43. The van der Waals surface area contributed by atoms with Crippen LogP contribution < -0.4 is 9.47 Å². The molecule has 1 saturated heterocycles. The molecule has 0 saturated carbocycles. The van der Waals surface area contributed by atoms with Gasteiger partial charge in [0.2, 0.25) is 0 Å². The highest BCUT2D eigenvalue weighted by Crippen LogP contribution is 2.35. The molecule has 0 bridgehead atoms. The Kier molecular flexibility index (Phi) is 5.80. The first-order valence-electron chi connectivity index (χ1n) is 9.41. The molecular formula is C21H23N3O4S. The number of methoxy groups -OCH3 is 2. The van der Waals surface area contributed by atoms with Crippen molar-refractivity contribution in [2.45, 2.75) is 11.7 Å². The molecule has 1 atom stereocenters. The van der Waals surface area contributed by atoms with Gasteiger partial charge in [-0.25, -0.2) is 0 Å². The van der Waals surface area contributed by atoms with E-state index in [1.807, 2.05) is 47.0 Å². The monoisotopic (exact) mass is 413 g/mol. The molecule has 1 aliphatic rings. The van der Waals surface area contributed by atoms with E-state index in [9.17, 15) is 4.79 Å². The molecule has 1 unspecified atom stereocenters. The number of aromatic amines is 1. The molecule has 1 amide bonds. The van der Waals surface area contributed by atoms with Crippen LogP contribution in [0.4, 0.5) is 0 Å². The van der Waals surface area contributed by atoms with E-state index in [2.05, 4.69) is 10.2 Å². The molecule has 152 valence electrons. The number of carbonyl (C=O) groups is 1. The first-order chi connectivity index (χ1) is 14.2. The van der Waals surface area contributed by atoms with Gasteiger partial charge in [0.1, 0.15) is 23.0 Å². The third kappa shape index (κ3) is 4.12. The van der Waals surface area contributed by atoms with E-state index in [1.165, 1.54) is 0 Å². The Bertz CT molecular complexity index is 970. The molecule has 3 aromatic rings. The van der Waals surface area contributed by atoms with Crippen molar-refractivity contribution in [2.24, 2.45) is 0 Å². The Balaban J connectivity index is 1.50. The molecule has 29 heavy (non-hydrogen) atoms. The van der Waals surface area contributed by atoms with Crippen molar-refractivity contribution in [1.29, 1.82) is 0 Å². The zero-order valence-electron chi connectivity index (χ0n) is 16.4. The van der Waals surface area contributed by atoms with Crippen LogP contribution in [0.1, 0.15) is 27.9 Å². The van der Waals surface area contributed by atoms with Gasteiger partial charge in [0.05, 0.1) is 31.4 Å². The quantitative estimate of drug-likeness (QED) is 0.681. The van der Waals surface area contributed by atoms with E-state index in [1.54, 1.807) is 26.5 Å². The maximum Gasteiger partial charge on any atom is 0.271 e. The van der Waals surface area contributed by atoms with Gasteiger partial charge in [0.15, 0.2) is 0 Å². The number of carbonyl (C=O) groups excluding carboxylic acids is 1. The van der Waals surface area contributed by atoms with Crippen LogP contribution in [0.15, 0.2) is 47.1 Å². The summed E-state index contributed by atoms with van der Waals surface area (Å²) >= 11 is 1.83. The number of amides is 1. The largest absolute Gasteiger partial charge is 0.497 e. The minimum Gasteiger partial charge on any atom is -0.497 e. The van der Waals surface area contributed by atoms with Crippen LogP contribution in [0.5, 0.6) is 11.5 Å². The molecular weight excluding hydrogens is 390 g/mol. The first kappa shape index (κ1) is 19.4. The number of benzene rings is 1. The number of hydrogen-bond donors (Lipinski definition) is 1. The lowest BCUT2D eigenvalue weighted by atomic mass is 10.1. The van der Waals surface area contributed by atoms with Crippen molar-refractivity contribution in [1.82, 2.24) is 15.1 Å². The van der Waals surface area contributed by atoms with E-state index >= 15 is 0 Å². The first-order valence-corrected chi connectivity index (χ1v) is 10.5. The summed E-state index contributed by atoms with van der Waals surface area (Å²) in [6.45, 7) is 1.37. The standard InChI is InChI=1S/C21H23N3O4S/c1-26-14-5-6-18(27-2)15(12-14)16-13-17(23-22-16)21(25)24-8-7-20(29-11-9-24)19-4-3-10-28-19/h3-6,10,12-13,20H,7-9,11H2,1-2H3,(H,22,23). The summed E-state index contributed by atoms with van der Waals surface area (Å²) in [6.07, 6.45) is 2.55. The summed E-state index contributed by atoms with van der Waals surface area (Å²) in [7, 11) is 3.22. The average Bonchev–Trinajstić information content (AvgIpc) is 3.41. The Morgan fingerprint density at radius 1 is 1.24 bits per heavy atom. The molecule has 8 heteroatoms. The number of furan rings is 1. The molecule has 1 N–H and O–H groups in total. The summed E-state index contributed by atoms with van der Waals surface area (Å²) in [6, 6.07) is 11.2. The number of nitrogens with zero attached hydrogens (tertiary/aromatic N) is 2. The Hall–Kier alpha value is -2.87. The molecule has 0 radical (unpaired) electrons. The van der Waals surface area contributed by atoms with Crippen molar-refractivity contribution < 1.29 is 18.7 Å². The minimum absolute atomic E-state index is 0.0497. The minimum atomic E-state index is -0.0497. The lowest BCUT2D eigenvalue weighted by Crippen LogP contribution is -2.33. The summed E-state index contributed by atoms with van der Waals surface area (Å²) in [5, 5.41) is 7.50. The van der Waals surface area contributed by atoms with Crippen LogP contribution in [0.25, 0.3) is 11.3 Å². The van der Waals surface area contributed by atoms with Gasteiger partial charge in [-0.1, -0.05) is 0 Å². The number of ether oxygens (including phenoxy) is 2. The van der Waals surface area contributed by atoms with Crippen LogP contribution in [0.3, 0.4) is 0 Å². The smallest absolute Gasteiger partial charge is 0.271 e. The molecule has 0 spiro atoms. The Morgan fingerprint density at radius 3 is 2.90 bits per heavy atom. The van der Waals surface area contributed by atoms with Crippen LogP contribution in [-0.4, -0.2) is 54.1 Å². The van der Waals surface area contributed by atoms with Gasteiger partial charge in [-0.05, 0) is 42.8 Å². The van der Waals surface area contributed by atoms with Gasteiger partial charge in [-0.15, -0.1) is 11.8 Å². The second-order valence-electron chi connectivity index (χ2n) is 6.69. The number of thioether (sulfide) groups is 1. The molecule has 1 aromatic carbocycles. The highest BCUT2D eigenvalue weighted by Gasteiger charge is 2.25. The van der Waals surface area contributed by atoms with Crippen molar-refractivity contribution in [3.8, 4) is 22.8 Å². The molecule has 7 nitrogen and oxygen atoms in total. The molecule has 4 rings (SSSR count).